The summed E-state index contributed by atoms with van der Waals surface area (Å²) in [4.78, 5) is 4.31. The van der Waals surface area contributed by atoms with E-state index in [0.717, 1.165) is 43.8 Å². The van der Waals surface area contributed by atoms with Crippen LogP contribution in [0.2, 0.25) is 0 Å². The highest BCUT2D eigenvalue weighted by Crippen LogP contribution is 2.14. The van der Waals surface area contributed by atoms with Crippen LogP contribution in [0.1, 0.15) is 43.7 Å². The molecule has 0 aliphatic carbocycles. The van der Waals surface area contributed by atoms with Crippen molar-refractivity contribution in [2.45, 2.75) is 47.0 Å². The highest BCUT2D eigenvalue weighted by atomic mass is 16.5. The minimum atomic E-state index is 0.541. The predicted molar refractivity (Wildman–Crippen MR) is 78.2 cm³/mol. The monoisotopic (exact) mass is 266 g/mol. The van der Waals surface area contributed by atoms with Gasteiger partial charge in [-0.3, -0.25) is 4.99 Å². The molecule has 0 aliphatic heterocycles. The smallest absolute Gasteiger partial charge is 0.188 e. The van der Waals surface area contributed by atoms with Gasteiger partial charge in [-0.2, -0.15) is 0 Å². The maximum Gasteiger partial charge on any atom is 0.188 e. The molecule has 0 spiro atoms. The molecule has 0 unspecified atom stereocenters. The zero-order chi connectivity index (χ0) is 14.3. The van der Waals surface area contributed by atoms with E-state index < -0.39 is 0 Å². The van der Waals surface area contributed by atoms with Crippen molar-refractivity contribution in [2.75, 3.05) is 13.1 Å². The van der Waals surface area contributed by atoms with Crippen molar-refractivity contribution in [2.24, 2.45) is 16.6 Å². The number of aryl methyl sites for hydroxylation is 2. The van der Waals surface area contributed by atoms with E-state index in [2.05, 4.69) is 29.3 Å². The van der Waals surface area contributed by atoms with Crippen LogP contribution in [0.4, 0.5) is 0 Å². The summed E-state index contributed by atoms with van der Waals surface area (Å²) >= 11 is 0. The Labute approximate surface area is 115 Å². The molecule has 1 heterocycles. The van der Waals surface area contributed by atoms with Crippen LogP contribution in [-0.4, -0.2) is 24.2 Å². The number of rotatable bonds is 7. The first-order valence-corrected chi connectivity index (χ1v) is 6.96. The van der Waals surface area contributed by atoms with Gasteiger partial charge in [-0.25, -0.2) is 0 Å². The van der Waals surface area contributed by atoms with Gasteiger partial charge in [0.1, 0.15) is 5.76 Å². The largest absolute Gasteiger partial charge is 0.370 e. The van der Waals surface area contributed by atoms with Crippen LogP contribution >= 0.6 is 0 Å². The summed E-state index contributed by atoms with van der Waals surface area (Å²) in [5, 5.41) is 7.07. The zero-order valence-electron chi connectivity index (χ0n) is 12.5. The van der Waals surface area contributed by atoms with Crippen LogP contribution in [-0.2, 0) is 6.42 Å². The predicted octanol–water partition coefficient (Wildman–Crippen LogP) is 2.17. The Bertz CT molecular complexity index is 390. The van der Waals surface area contributed by atoms with Crippen LogP contribution in [0.3, 0.4) is 0 Å². The van der Waals surface area contributed by atoms with E-state index in [1.807, 2.05) is 13.8 Å². The van der Waals surface area contributed by atoms with Gasteiger partial charge in [0, 0.05) is 18.7 Å². The van der Waals surface area contributed by atoms with Gasteiger partial charge in [0.05, 0.1) is 5.69 Å². The Morgan fingerprint density at radius 1 is 1.42 bits per heavy atom. The lowest BCUT2D eigenvalue weighted by Gasteiger charge is -2.07. The van der Waals surface area contributed by atoms with Gasteiger partial charge in [0.15, 0.2) is 5.96 Å². The molecule has 108 valence electrons. The fraction of sp³-hybridized carbons (Fsp3) is 0.714. The minimum Gasteiger partial charge on any atom is -0.370 e. The molecule has 5 heteroatoms. The second-order valence-electron chi connectivity index (χ2n) is 5.28. The summed E-state index contributed by atoms with van der Waals surface area (Å²) in [7, 11) is 0. The Kier molecular flexibility index (Phi) is 6.39. The van der Waals surface area contributed by atoms with Crippen LogP contribution < -0.4 is 11.1 Å². The third kappa shape index (κ3) is 5.77. The van der Waals surface area contributed by atoms with E-state index >= 15 is 0 Å². The van der Waals surface area contributed by atoms with E-state index in [-0.39, 0.29) is 0 Å². The van der Waals surface area contributed by atoms with Crippen molar-refractivity contribution in [1.29, 1.82) is 0 Å². The van der Waals surface area contributed by atoms with E-state index in [4.69, 9.17) is 10.3 Å². The summed E-state index contributed by atoms with van der Waals surface area (Å²) in [6.07, 6.45) is 2.99. The molecule has 0 fully saturated rings. The van der Waals surface area contributed by atoms with Gasteiger partial charge in [0.25, 0.3) is 0 Å². The van der Waals surface area contributed by atoms with Crippen molar-refractivity contribution < 1.29 is 4.52 Å². The fourth-order valence-electron chi connectivity index (χ4n) is 1.86. The molecule has 0 aromatic carbocycles. The second kappa shape index (κ2) is 7.81. The number of hydrogen-bond acceptors (Lipinski definition) is 3. The third-order valence-electron chi connectivity index (χ3n) is 3.08. The molecule has 3 N–H and O–H groups in total. The number of guanidine groups is 1. The molecule has 0 saturated heterocycles. The number of nitrogens with two attached hydrogens (primary N) is 1. The average Bonchev–Trinajstić information content (AvgIpc) is 2.65. The third-order valence-corrected chi connectivity index (χ3v) is 3.08. The van der Waals surface area contributed by atoms with E-state index in [1.165, 1.54) is 5.56 Å². The van der Waals surface area contributed by atoms with Crippen LogP contribution in [0.25, 0.3) is 0 Å². The van der Waals surface area contributed by atoms with Crippen molar-refractivity contribution in [3.63, 3.8) is 0 Å². The first-order chi connectivity index (χ1) is 9.00. The van der Waals surface area contributed by atoms with Crippen LogP contribution in [0, 0.1) is 19.8 Å². The lowest BCUT2D eigenvalue weighted by Crippen LogP contribution is -2.33. The molecule has 0 bridgehead atoms. The maximum absolute atomic E-state index is 5.79. The topological polar surface area (TPSA) is 76.4 Å². The number of nitrogens with zero attached hydrogens (tertiary/aromatic N) is 2. The molecule has 0 atom stereocenters. The fourth-order valence-corrected chi connectivity index (χ4v) is 1.86. The van der Waals surface area contributed by atoms with Gasteiger partial charge in [-0.05, 0) is 39.0 Å². The SMILES string of the molecule is Cc1noc(C)c1CCCN=C(N)NCCC(C)C. The average molecular weight is 266 g/mol. The van der Waals surface area contributed by atoms with E-state index in [9.17, 15) is 0 Å². The maximum atomic E-state index is 5.79. The van der Waals surface area contributed by atoms with Crippen LogP contribution in [0.15, 0.2) is 9.52 Å². The lowest BCUT2D eigenvalue weighted by molar-refractivity contribution is 0.392. The molecule has 1 aromatic heterocycles. The Balaban J connectivity index is 2.22. The summed E-state index contributed by atoms with van der Waals surface area (Å²) in [6, 6.07) is 0. The number of aliphatic imine (C=N–C) groups is 1. The van der Waals surface area contributed by atoms with Gasteiger partial charge < -0.3 is 15.6 Å². The van der Waals surface area contributed by atoms with Crippen molar-refractivity contribution in [3.8, 4) is 0 Å². The standard InChI is InChI=1S/C14H26N4O/c1-10(2)7-9-17-14(15)16-8-5-6-13-11(3)18-19-12(13)4/h10H,5-9H2,1-4H3,(H3,15,16,17). The molecule has 0 aliphatic rings. The Morgan fingerprint density at radius 2 is 2.16 bits per heavy atom. The second-order valence-corrected chi connectivity index (χ2v) is 5.28. The minimum absolute atomic E-state index is 0.541. The molecule has 0 radical (unpaired) electrons. The molecular formula is C14H26N4O. The summed E-state index contributed by atoms with van der Waals surface area (Å²) in [6.45, 7) is 9.91. The Morgan fingerprint density at radius 3 is 2.74 bits per heavy atom. The molecule has 19 heavy (non-hydrogen) atoms. The molecule has 0 saturated carbocycles. The van der Waals surface area contributed by atoms with Gasteiger partial charge in [-0.1, -0.05) is 19.0 Å². The van der Waals surface area contributed by atoms with Crippen molar-refractivity contribution in [1.82, 2.24) is 10.5 Å². The molecule has 0 amide bonds. The molecule has 1 aromatic rings. The molecule has 1 rings (SSSR count). The van der Waals surface area contributed by atoms with Crippen molar-refractivity contribution >= 4 is 5.96 Å². The number of hydrogen-bond donors (Lipinski definition) is 2. The normalized spacial score (nSPS) is 12.2. The van der Waals surface area contributed by atoms with E-state index in [0.29, 0.717) is 11.9 Å². The highest BCUT2D eigenvalue weighted by Gasteiger charge is 2.07. The first-order valence-electron chi connectivity index (χ1n) is 6.96. The number of nitrogens with one attached hydrogen (secondary N) is 1. The highest BCUT2D eigenvalue weighted by molar-refractivity contribution is 5.77. The molecular weight excluding hydrogens is 240 g/mol. The number of aromatic nitrogens is 1. The quantitative estimate of drug-likeness (QED) is 0.450. The summed E-state index contributed by atoms with van der Waals surface area (Å²) in [5.74, 6) is 2.13. The first kappa shape index (κ1) is 15.5. The Hall–Kier alpha value is -1.52. The zero-order valence-corrected chi connectivity index (χ0v) is 12.5. The summed E-state index contributed by atoms with van der Waals surface area (Å²) in [5.41, 5.74) is 7.96. The van der Waals surface area contributed by atoms with Crippen LogP contribution in [0.5, 0.6) is 0 Å². The van der Waals surface area contributed by atoms with Gasteiger partial charge in [-0.15, -0.1) is 0 Å². The van der Waals surface area contributed by atoms with Gasteiger partial charge >= 0.3 is 0 Å². The lowest BCUT2D eigenvalue weighted by atomic mass is 10.1. The van der Waals surface area contributed by atoms with E-state index in [1.54, 1.807) is 0 Å². The summed E-state index contributed by atoms with van der Waals surface area (Å²) < 4.78 is 5.13. The molecule has 5 nitrogen and oxygen atoms in total. The van der Waals surface area contributed by atoms with Crippen molar-refractivity contribution in [3.05, 3.63) is 17.0 Å². The van der Waals surface area contributed by atoms with Gasteiger partial charge in [0.2, 0.25) is 0 Å².